The van der Waals surface area contributed by atoms with Crippen LogP contribution < -0.4 is 0 Å². The Morgan fingerprint density at radius 3 is 1.46 bits per heavy atom. The summed E-state index contributed by atoms with van der Waals surface area (Å²) in [6.45, 7) is 4.66. The molecule has 0 aliphatic carbocycles. The number of thioether (sulfide) groups is 1. The maximum atomic E-state index is 9.03. The molecule has 0 unspecified atom stereocenters. The molecule has 0 heterocycles. The molecule has 0 aromatic rings. The number of hydrogen-bond acceptors (Lipinski definition) is 2. The Hall–Kier alpha value is 0.270. The molecule has 0 aliphatic heterocycles. The molecule has 0 aliphatic rings. The van der Waals surface area contributed by atoms with Crippen LogP contribution in [0.1, 0.15) is 103 Å². The lowest BCUT2D eigenvalue weighted by Gasteiger charge is -2.28. The molecule has 0 saturated heterocycles. The normalized spacial score (nSPS) is 12.0. The van der Waals surface area contributed by atoms with Crippen molar-refractivity contribution < 1.29 is 9.59 Å². The first-order valence-electron chi connectivity index (χ1n) is 11.6. The summed E-state index contributed by atoms with van der Waals surface area (Å²) in [7, 11) is 4.43. The van der Waals surface area contributed by atoms with E-state index in [2.05, 4.69) is 32.8 Å². The Bertz CT molecular complexity index is 271. The van der Waals surface area contributed by atoms with Crippen molar-refractivity contribution in [2.75, 3.05) is 45.3 Å². The van der Waals surface area contributed by atoms with Gasteiger partial charge in [-0.2, -0.15) is 11.8 Å². The Balaban J connectivity index is 3.09. The van der Waals surface area contributed by atoms with Crippen LogP contribution in [0.2, 0.25) is 0 Å². The van der Waals surface area contributed by atoms with Crippen LogP contribution in [0, 0.1) is 0 Å². The summed E-state index contributed by atoms with van der Waals surface area (Å²) < 4.78 is 0.954. The standard InChI is InChI=1S/C23H50NOS/c1-4-5-6-7-8-9-10-11-12-13-14-15-16-17-22-26-23-18-19-24(2,3)20-21-25/h25H,4-23H2,1-3H3/q+1. The predicted molar refractivity (Wildman–Crippen MR) is 121 cm³/mol. The second-order valence-corrected chi connectivity index (χ2v) is 9.89. The Morgan fingerprint density at radius 1 is 0.577 bits per heavy atom. The van der Waals surface area contributed by atoms with E-state index in [-0.39, 0.29) is 0 Å². The van der Waals surface area contributed by atoms with Crippen molar-refractivity contribution in [3.8, 4) is 0 Å². The molecule has 0 atom stereocenters. The van der Waals surface area contributed by atoms with Gasteiger partial charge in [0.05, 0.1) is 27.2 Å². The van der Waals surface area contributed by atoms with Gasteiger partial charge in [0, 0.05) is 6.42 Å². The average molecular weight is 389 g/mol. The Kier molecular flexibility index (Phi) is 20.2. The second-order valence-electron chi connectivity index (χ2n) is 8.67. The summed E-state index contributed by atoms with van der Waals surface area (Å²) >= 11 is 2.12. The van der Waals surface area contributed by atoms with Crippen LogP contribution in [0.15, 0.2) is 0 Å². The first-order chi connectivity index (χ1) is 12.6. The van der Waals surface area contributed by atoms with Crippen LogP contribution in [0.3, 0.4) is 0 Å². The number of quaternary nitrogens is 1. The van der Waals surface area contributed by atoms with Crippen LogP contribution in [-0.2, 0) is 0 Å². The molecular formula is C23H50NOS+. The summed E-state index contributed by atoms with van der Waals surface area (Å²) in [5.74, 6) is 2.62. The molecule has 3 heteroatoms. The van der Waals surface area contributed by atoms with E-state index in [0.717, 1.165) is 11.0 Å². The van der Waals surface area contributed by atoms with E-state index in [1.807, 2.05) is 0 Å². The summed E-state index contributed by atoms with van der Waals surface area (Å²) in [5, 5.41) is 9.03. The van der Waals surface area contributed by atoms with Crippen LogP contribution in [0.5, 0.6) is 0 Å². The highest BCUT2D eigenvalue weighted by Crippen LogP contribution is 2.14. The van der Waals surface area contributed by atoms with E-state index in [1.165, 1.54) is 114 Å². The molecule has 0 saturated carbocycles. The fraction of sp³-hybridized carbons (Fsp3) is 1.00. The maximum Gasteiger partial charge on any atom is 0.102 e. The molecule has 26 heavy (non-hydrogen) atoms. The van der Waals surface area contributed by atoms with E-state index in [4.69, 9.17) is 5.11 Å². The molecule has 2 nitrogen and oxygen atoms in total. The molecule has 0 fully saturated rings. The van der Waals surface area contributed by atoms with Gasteiger partial charge in [0.1, 0.15) is 6.54 Å². The highest BCUT2D eigenvalue weighted by atomic mass is 32.2. The Labute approximate surface area is 170 Å². The molecule has 158 valence electrons. The average Bonchev–Trinajstić information content (AvgIpc) is 2.60. The zero-order valence-corrected chi connectivity index (χ0v) is 19.3. The number of unbranched alkanes of at least 4 members (excludes halogenated alkanes) is 13. The second kappa shape index (κ2) is 20.0. The van der Waals surface area contributed by atoms with Crippen molar-refractivity contribution in [2.45, 2.75) is 103 Å². The van der Waals surface area contributed by atoms with E-state index >= 15 is 0 Å². The molecule has 1 N–H and O–H groups in total. The zero-order valence-electron chi connectivity index (χ0n) is 18.4. The molecule has 0 rings (SSSR count). The van der Waals surface area contributed by atoms with Gasteiger partial charge in [-0.25, -0.2) is 0 Å². The summed E-state index contributed by atoms with van der Waals surface area (Å²) in [4.78, 5) is 0. The topological polar surface area (TPSA) is 20.2 Å². The smallest absolute Gasteiger partial charge is 0.102 e. The number of likely N-dealkylation sites (N-methyl/N-ethyl adjacent to an activating group) is 1. The lowest BCUT2D eigenvalue weighted by Crippen LogP contribution is -2.42. The number of hydrogen-bond donors (Lipinski definition) is 1. The fourth-order valence-electron chi connectivity index (χ4n) is 3.48. The quantitative estimate of drug-likeness (QED) is 0.175. The monoisotopic (exact) mass is 388 g/mol. The highest BCUT2D eigenvalue weighted by Gasteiger charge is 2.12. The SMILES string of the molecule is CCCCCCCCCCCCCCCCSCCC[N+](C)(C)CCO. The molecule has 0 aromatic carbocycles. The third kappa shape index (κ3) is 20.6. The number of aliphatic hydroxyl groups excluding tert-OH is 1. The Morgan fingerprint density at radius 2 is 1.00 bits per heavy atom. The van der Waals surface area contributed by atoms with Gasteiger partial charge in [-0.3, -0.25) is 0 Å². The van der Waals surface area contributed by atoms with Gasteiger partial charge in [0.25, 0.3) is 0 Å². The lowest BCUT2D eigenvalue weighted by molar-refractivity contribution is -0.890. The first-order valence-corrected chi connectivity index (χ1v) is 12.8. The summed E-state index contributed by atoms with van der Waals surface area (Å²) in [6.07, 6.45) is 21.5. The van der Waals surface area contributed by atoms with Crippen LogP contribution in [0.25, 0.3) is 0 Å². The van der Waals surface area contributed by atoms with Gasteiger partial charge in [-0.15, -0.1) is 0 Å². The molecule has 0 radical (unpaired) electrons. The van der Waals surface area contributed by atoms with Gasteiger partial charge < -0.3 is 9.59 Å². The minimum Gasteiger partial charge on any atom is -0.391 e. The zero-order chi connectivity index (χ0) is 19.3. The number of nitrogens with zero attached hydrogens (tertiary/aromatic N) is 1. The first kappa shape index (κ1) is 26.3. The predicted octanol–water partition coefficient (Wildman–Crippen LogP) is 6.66. The summed E-state index contributed by atoms with van der Waals surface area (Å²) in [5.41, 5.74) is 0. The van der Waals surface area contributed by atoms with Gasteiger partial charge >= 0.3 is 0 Å². The minimum atomic E-state index is 0.305. The minimum absolute atomic E-state index is 0.305. The van der Waals surface area contributed by atoms with Crippen molar-refractivity contribution in [2.24, 2.45) is 0 Å². The van der Waals surface area contributed by atoms with Crippen molar-refractivity contribution in [3.63, 3.8) is 0 Å². The van der Waals surface area contributed by atoms with Crippen molar-refractivity contribution >= 4 is 11.8 Å². The molecule has 0 bridgehead atoms. The van der Waals surface area contributed by atoms with Gasteiger partial charge in [-0.05, 0) is 17.9 Å². The van der Waals surface area contributed by atoms with Crippen LogP contribution in [0.4, 0.5) is 0 Å². The van der Waals surface area contributed by atoms with Gasteiger partial charge in [-0.1, -0.05) is 90.4 Å². The van der Waals surface area contributed by atoms with E-state index in [0.29, 0.717) is 6.61 Å². The van der Waals surface area contributed by atoms with Crippen molar-refractivity contribution in [3.05, 3.63) is 0 Å². The van der Waals surface area contributed by atoms with Crippen LogP contribution in [-0.4, -0.2) is 54.9 Å². The number of rotatable bonds is 21. The number of aliphatic hydroxyl groups is 1. The van der Waals surface area contributed by atoms with Crippen LogP contribution >= 0.6 is 11.8 Å². The fourth-order valence-corrected chi connectivity index (χ4v) is 4.42. The molecule has 0 spiro atoms. The van der Waals surface area contributed by atoms with E-state index in [9.17, 15) is 0 Å². The van der Waals surface area contributed by atoms with E-state index in [1.54, 1.807) is 0 Å². The summed E-state index contributed by atoms with van der Waals surface area (Å²) in [6, 6.07) is 0. The van der Waals surface area contributed by atoms with Gasteiger partial charge in [0.15, 0.2) is 0 Å². The maximum absolute atomic E-state index is 9.03. The molecular weight excluding hydrogens is 338 g/mol. The third-order valence-corrected chi connectivity index (χ3v) is 6.55. The lowest BCUT2D eigenvalue weighted by atomic mass is 10.0. The third-order valence-electron chi connectivity index (χ3n) is 5.40. The molecule has 0 amide bonds. The molecule has 0 aromatic heterocycles. The van der Waals surface area contributed by atoms with E-state index < -0.39 is 0 Å². The van der Waals surface area contributed by atoms with Crippen molar-refractivity contribution in [1.29, 1.82) is 0 Å². The highest BCUT2D eigenvalue weighted by molar-refractivity contribution is 7.99. The largest absolute Gasteiger partial charge is 0.391 e. The van der Waals surface area contributed by atoms with Crippen molar-refractivity contribution in [1.82, 2.24) is 0 Å². The van der Waals surface area contributed by atoms with Gasteiger partial charge in [0.2, 0.25) is 0 Å².